The lowest BCUT2D eigenvalue weighted by Crippen LogP contribution is -2.47. The summed E-state index contributed by atoms with van der Waals surface area (Å²) in [5.74, 6) is 0.0290. The largest absolute Gasteiger partial charge is 0.345 e. The quantitative estimate of drug-likeness (QED) is 0.179. The second-order valence-electron chi connectivity index (χ2n) is 11.7. The van der Waals surface area contributed by atoms with Crippen LogP contribution in [0, 0.1) is 0 Å². The van der Waals surface area contributed by atoms with E-state index in [9.17, 15) is 9.59 Å². The van der Waals surface area contributed by atoms with Gasteiger partial charge in [0.1, 0.15) is 6.54 Å². The minimum absolute atomic E-state index is 0.0347. The number of unbranched alkanes of at least 4 members (excludes halogenated alkanes) is 3. The Bertz CT molecular complexity index is 1200. The summed E-state index contributed by atoms with van der Waals surface area (Å²) in [6.45, 7) is 6.47. The number of amides is 2. The van der Waals surface area contributed by atoms with Gasteiger partial charge in [-0.2, -0.15) is 0 Å². The van der Waals surface area contributed by atoms with E-state index in [1.54, 1.807) is 4.90 Å². The fraction of sp³-hybridized carbons (Fsp3) is 0.500. The third kappa shape index (κ3) is 9.08. The fourth-order valence-electron chi connectivity index (χ4n) is 5.95. The summed E-state index contributed by atoms with van der Waals surface area (Å²) in [5.41, 5.74) is 4.32. The van der Waals surface area contributed by atoms with E-state index in [1.165, 1.54) is 17.5 Å². The van der Waals surface area contributed by atoms with Gasteiger partial charge >= 0.3 is 0 Å². The minimum Gasteiger partial charge on any atom is -0.345 e. The van der Waals surface area contributed by atoms with Crippen LogP contribution in [0.5, 0.6) is 0 Å². The minimum atomic E-state index is -0.0347. The zero-order chi connectivity index (χ0) is 28.9. The van der Waals surface area contributed by atoms with Gasteiger partial charge in [-0.15, -0.1) is 0 Å². The summed E-state index contributed by atoms with van der Waals surface area (Å²) in [6.07, 6.45) is 14.1. The van der Waals surface area contributed by atoms with Crippen LogP contribution in [0.1, 0.15) is 105 Å². The Morgan fingerprint density at radius 1 is 0.805 bits per heavy atom. The first-order chi connectivity index (χ1) is 20.1. The van der Waals surface area contributed by atoms with E-state index in [2.05, 4.69) is 78.0 Å². The molecule has 5 heteroatoms. The number of aryl methyl sites for hydroxylation is 1. The Morgan fingerprint density at radius 2 is 1.54 bits per heavy atom. The highest BCUT2D eigenvalue weighted by atomic mass is 16.2. The molecule has 220 valence electrons. The van der Waals surface area contributed by atoms with Crippen LogP contribution in [-0.4, -0.2) is 45.3 Å². The maximum Gasteiger partial charge on any atom is 0.254 e. The Hall–Kier alpha value is -3.34. The number of hydrogen-bond donors (Lipinski definition) is 0. The molecule has 3 aromatic rings. The zero-order valence-electron chi connectivity index (χ0n) is 25.3. The molecule has 1 fully saturated rings. The molecular formula is C36H49N3O2. The van der Waals surface area contributed by atoms with Gasteiger partial charge in [0.2, 0.25) is 5.91 Å². The van der Waals surface area contributed by atoms with Gasteiger partial charge < -0.3 is 14.4 Å². The molecule has 5 nitrogen and oxygen atoms in total. The summed E-state index contributed by atoms with van der Waals surface area (Å²) in [6, 6.07) is 22.9. The van der Waals surface area contributed by atoms with Crippen molar-refractivity contribution in [3.05, 3.63) is 95.3 Å². The van der Waals surface area contributed by atoms with E-state index >= 15 is 0 Å². The number of rotatable bonds is 15. The third-order valence-electron chi connectivity index (χ3n) is 8.45. The molecule has 1 saturated carbocycles. The van der Waals surface area contributed by atoms with Crippen molar-refractivity contribution >= 4 is 11.8 Å². The molecule has 2 amide bonds. The first-order valence-corrected chi connectivity index (χ1v) is 15.9. The molecule has 0 saturated heterocycles. The van der Waals surface area contributed by atoms with E-state index in [1.807, 2.05) is 18.2 Å². The molecule has 0 aliphatic heterocycles. The number of hydrogen-bond acceptors (Lipinski definition) is 2. The molecule has 0 atom stereocenters. The van der Waals surface area contributed by atoms with E-state index in [4.69, 9.17) is 0 Å². The van der Waals surface area contributed by atoms with Crippen molar-refractivity contribution in [1.29, 1.82) is 0 Å². The number of carbonyl (C=O) groups is 2. The second kappa shape index (κ2) is 16.2. The summed E-state index contributed by atoms with van der Waals surface area (Å²) in [4.78, 5) is 31.7. The number of carbonyl (C=O) groups excluding carboxylic acids is 2. The molecule has 4 rings (SSSR count). The van der Waals surface area contributed by atoms with Crippen LogP contribution in [0.25, 0.3) is 0 Å². The topological polar surface area (TPSA) is 45.6 Å². The van der Waals surface area contributed by atoms with Crippen molar-refractivity contribution in [1.82, 2.24) is 14.4 Å². The molecule has 1 aliphatic carbocycles. The van der Waals surface area contributed by atoms with Gasteiger partial charge in [-0.1, -0.05) is 94.8 Å². The van der Waals surface area contributed by atoms with Crippen molar-refractivity contribution in [2.75, 3.05) is 13.1 Å². The summed E-state index contributed by atoms with van der Waals surface area (Å²) < 4.78 is 2.25. The summed E-state index contributed by atoms with van der Waals surface area (Å²) in [7, 11) is 0. The van der Waals surface area contributed by atoms with Crippen molar-refractivity contribution < 1.29 is 9.59 Å². The number of benzene rings is 2. The van der Waals surface area contributed by atoms with Gasteiger partial charge in [-0.05, 0) is 67.5 Å². The Labute approximate surface area is 247 Å². The molecule has 1 heterocycles. The fourth-order valence-corrected chi connectivity index (χ4v) is 5.95. The van der Waals surface area contributed by atoms with Crippen LogP contribution in [0.4, 0.5) is 0 Å². The van der Waals surface area contributed by atoms with Crippen molar-refractivity contribution in [2.24, 2.45) is 0 Å². The van der Waals surface area contributed by atoms with Gasteiger partial charge in [-0.25, -0.2) is 0 Å². The van der Waals surface area contributed by atoms with Crippen molar-refractivity contribution in [3.8, 4) is 0 Å². The first-order valence-electron chi connectivity index (χ1n) is 15.9. The molecular weight excluding hydrogens is 506 g/mol. The van der Waals surface area contributed by atoms with Crippen LogP contribution in [0.15, 0.2) is 72.9 Å². The molecule has 0 bridgehead atoms. The van der Waals surface area contributed by atoms with E-state index in [-0.39, 0.29) is 24.4 Å². The maximum absolute atomic E-state index is 14.1. The monoisotopic (exact) mass is 555 g/mol. The first kappa shape index (κ1) is 30.6. The molecule has 41 heavy (non-hydrogen) atoms. The van der Waals surface area contributed by atoms with Crippen LogP contribution in [0.2, 0.25) is 0 Å². The van der Waals surface area contributed by atoms with Gasteiger partial charge in [0.15, 0.2) is 0 Å². The lowest BCUT2D eigenvalue weighted by Gasteiger charge is -2.36. The molecule has 0 spiro atoms. The predicted octanol–water partition coefficient (Wildman–Crippen LogP) is 7.87. The number of aromatic nitrogens is 1. The molecule has 0 N–H and O–H groups in total. The Kier molecular flexibility index (Phi) is 12.1. The standard InChI is InChI=1S/C36H49N3O2/c1-3-5-13-25-38(36(41)32-23-21-30(22-24-32)15-6-4-2)29-35(40)39(33-18-11-8-12-19-33)28-34-20-14-26-37(34)27-31-16-9-7-10-17-31/h7,9-10,14,16-17,20-24,26,33H,3-6,8,11-13,15,18-19,25,27-29H2,1-2H3. The van der Waals surface area contributed by atoms with Crippen LogP contribution in [-0.2, 0) is 24.3 Å². The number of nitrogens with zero attached hydrogens (tertiary/aromatic N) is 3. The highest BCUT2D eigenvalue weighted by molar-refractivity contribution is 5.96. The normalized spacial score (nSPS) is 13.7. The van der Waals surface area contributed by atoms with Crippen LogP contribution >= 0.6 is 0 Å². The summed E-state index contributed by atoms with van der Waals surface area (Å²) >= 11 is 0. The molecule has 1 aliphatic rings. The maximum atomic E-state index is 14.1. The molecule has 1 aromatic heterocycles. The van der Waals surface area contributed by atoms with Gasteiger partial charge in [0.25, 0.3) is 5.91 Å². The molecule has 2 aromatic carbocycles. The summed E-state index contributed by atoms with van der Waals surface area (Å²) in [5, 5.41) is 0. The highest BCUT2D eigenvalue weighted by Crippen LogP contribution is 2.25. The van der Waals surface area contributed by atoms with Crippen LogP contribution < -0.4 is 0 Å². The zero-order valence-corrected chi connectivity index (χ0v) is 25.3. The predicted molar refractivity (Wildman–Crippen MR) is 168 cm³/mol. The van der Waals surface area contributed by atoms with Gasteiger partial charge in [-0.3, -0.25) is 9.59 Å². The van der Waals surface area contributed by atoms with E-state index in [0.29, 0.717) is 18.7 Å². The average molecular weight is 556 g/mol. The Morgan fingerprint density at radius 3 is 2.24 bits per heavy atom. The Balaban J connectivity index is 1.52. The smallest absolute Gasteiger partial charge is 0.254 e. The molecule has 0 radical (unpaired) electrons. The van der Waals surface area contributed by atoms with Gasteiger partial charge in [0, 0.05) is 36.6 Å². The van der Waals surface area contributed by atoms with Crippen molar-refractivity contribution in [2.45, 2.75) is 104 Å². The third-order valence-corrected chi connectivity index (χ3v) is 8.45. The van der Waals surface area contributed by atoms with E-state index < -0.39 is 0 Å². The lowest BCUT2D eigenvalue weighted by molar-refractivity contribution is -0.135. The lowest BCUT2D eigenvalue weighted by atomic mass is 9.94. The van der Waals surface area contributed by atoms with Crippen LogP contribution in [0.3, 0.4) is 0 Å². The second-order valence-corrected chi connectivity index (χ2v) is 11.7. The van der Waals surface area contributed by atoms with Gasteiger partial charge in [0.05, 0.1) is 6.54 Å². The SMILES string of the molecule is CCCCCN(CC(=O)N(Cc1cccn1Cc1ccccc1)C1CCCCC1)C(=O)c1ccc(CCCC)cc1. The highest BCUT2D eigenvalue weighted by Gasteiger charge is 2.29. The van der Waals surface area contributed by atoms with Crippen molar-refractivity contribution in [3.63, 3.8) is 0 Å². The molecule has 0 unspecified atom stereocenters. The average Bonchev–Trinajstić information content (AvgIpc) is 3.45. The van der Waals surface area contributed by atoms with E-state index in [0.717, 1.165) is 76.4 Å².